The molecule has 0 fully saturated rings. The van der Waals surface area contributed by atoms with Gasteiger partial charge in [-0.05, 0) is 6.42 Å². The lowest BCUT2D eigenvalue weighted by Crippen LogP contribution is -2.09. The van der Waals surface area contributed by atoms with Crippen LogP contribution in [-0.2, 0) is 9.59 Å². The van der Waals surface area contributed by atoms with Crippen molar-refractivity contribution in [3.63, 3.8) is 0 Å². The van der Waals surface area contributed by atoms with Gasteiger partial charge >= 0.3 is 0 Å². The van der Waals surface area contributed by atoms with Gasteiger partial charge in [-0.3, -0.25) is 9.59 Å². The maximum Gasteiger partial charge on any atom is 0.242 e. The molecule has 0 aliphatic rings. The SMILES string of the molecule is CC(=O)N=CCCC(N)=O. The van der Waals surface area contributed by atoms with Gasteiger partial charge in [-0.25, -0.2) is 4.99 Å². The second-order valence-corrected chi connectivity index (χ2v) is 1.84. The van der Waals surface area contributed by atoms with E-state index in [1.807, 2.05) is 0 Å². The Morgan fingerprint density at radius 2 is 2.20 bits per heavy atom. The van der Waals surface area contributed by atoms with Crippen molar-refractivity contribution in [3.05, 3.63) is 0 Å². The summed E-state index contributed by atoms with van der Waals surface area (Å²) in [6.45, 7) is 1.35. The smallest absolute Gasteiger partial charge is 0.242 e. The molecule has 0 saturated carbocycles. The molecule has 56 valence electrons. The standard InChI is InChI=1S/C6H10N2O2/c1-5(9)8-4-2-3-6(7)10/h4H,2-3H2,1H3,(H2,7,10). The van der Waals surface area contributed by atoms with Gasteiger partial charge < -0.3 is 5.73 Å². The fourth-order valence-corrected chi connectivity index (χ4v) is 0.400. The Hall–Kier alpha value is -1.19. The van der Waals surface area contributed by atoms with Gasteiger partial charge in [-0.2, -0.15) is 0 Å². The molecule has 4 heteroatoms. The van der Waals surface area contributed by atoms with Crippen molar-refractivity contribution in [2.75, 3.05) is 0 Å². The molecular weight excluding hydrogens is 132 g/mol. The van der Waals surface area contributed by atoms with E-state index in [1.165, 1.54) is 13.1 Å². The lowest BCUT2D eigenvalue weighted by atomic mass is 10.3. The Balaban J connectivity index is 3.36. The first-order valence-electron chi connectivity index (χ1n) is 2.94. The van der Waals surface area contributed by atoms with Crippen LogP contribution in [0, 0.1) is 0 Å². The summed E-state index contributed by atoms with van der Waals surface area (Å²) in [6.07, 6.45) is 2.08. The summed E-state index contributed by atoms with van der Waals surface area (Å²) in [5.74, 6) is -0.639. The average Bonchev–Trinajstić information content (AvgIpc) is 1.79. The highest BCUT2D eigenvalue weighted by molar-refractivity contribution is 5.84. The molecule has 2 amide bonds. The third kappa shape index (κ3) is 6.81. The summed E-state index contributed by atoms with van der Waals surface area (Å²) in [5, 5.41) is 0. The highest BCUT2D eigenvalue weighted by atomic mass is 16.1. The van der Waals surface area contributed by atoms with Crippen LogP contribution in [-0.4, -0.2) is 18.0 Å². The number of rotatable bonds is 3. The van der Waals surface area contributed by atoms with Crippen LogP contribution in [0.4, 0.5) is 0 Å². The largest absolute Gasteiger partial charge is 0.370 e. The first-order chi connectivity index (χ1) is 4.63. The van der Waals surface area contributed by atoms with E-state index in [0.717, 1.165) is 0 Å². The van der Waals surface area contributed by atoms with Crippen LogP contribution >= 0.6 is 0 Å². The van der Waals surface area contributed by atoms with Crippen LogP contribution in [0.5, 0.6) is 0 Å². The molecule has 0 aromatic carbocycles. The summed E-state index contributed by atoms with van der Waals surface area (Å²) >= 11 is 0. The minimum absolute atomic E-state index is 0.247. The topological polar surface area (TPSA) is 72.5 Å². The summed E-state index contributed by atoms with van der Waals surface area (Å²) in [6, 6.07) is 0. The van der Waals surface area contributed by atoms with Gasteiger partial charge in [0, 0.05) is 19.6 Å². The van der Waals surface area contributed by atoms with Crippen molar-refractivity contribution in [2.24, 2.45) is 10.7 Å². The molecule has 0 bridgehead atoms. The molecule has 0 aromatic rings. The molecule has 0 saturated heterocycles. The molecule has 0 spiro atoms. The molecule has 10 heavy (non-hydrogen) atoms. The van der Waals surface area contributed by atoms with Gasteiger partial charge in [0.2, 0.25) is 11.8 Å². The van der Waals surface area contributed by atoms with E-state index in [9.17, 15) is 9.59 Å². The second kappa shape index (κ2) is 4.67. The van der Waals surface area contributed by atoms with Gasteiger partial charge in [-0.15, -0.1) is 0 Å². The number of hydrogen-bond donors (Lipinski definition) is 1. The van der Waals surface area contributed by atoms with Crippen molar-refractivity contribution in [2.45, 2.75) is 19.8 Å². The third-order valence-corrected chi connectivity index (χ3v) is 0.793. The van der Waals surface area contributed by atoms with Crippen LogP contribution in [0.3, 0.4) is 0 Å². The lowest BCUT2D eigenvalue weighted by molar-refractivity contribution is -0.118. The van der Waals surface area contributed by atoms with E-state index < -0.39 is 0 Å². The van der Waals surface area contributed by atoms with Crippen molar-refractivity contribution >= 4 is 18.0 Å². The second-order valence-electron chi connectivity index (χ2n) is 1.84. The van der Waals surface area contributed by atoms with Crippen molar-refractivity contribution in [1.29, 1.82) is 0 Å². The lowest BCUT2D eigenvalue weighted by Gasteiger charge is -1.85. The van der Waals surface area contributed by atoms with Gasteiger partial charge in [-0.1, -0.05) is 0 Å². The van der Waals surface area contributed by atoms with Gasteiger partial charge in [0.15, 0.2) is 0 Å². The van der Waals surface area contributed by atoms with Crippen LogP contribution in [0.25, 0.3) is 0 Å². The molecule has 2 N–H and O–H groups in total. The van der Waals surface area contributed by atoms with Gasteiger partial charge in [0.25, 0.3) is 0 Å². The first kappa shape index (κ1) is 8.81. The Morgan fingerprint density at radius 1 is 1.60 bits per heavy atom. The zero-order valence-corrected chi connectivity index (χ0v) is 5.83. The van der Waals surface area contributed by atoms with Crippen molar-refractivity contribution < 1.29 is 9.59 Å². The number of hydrogen-bond acceptors (Lipinski definition) is 2. The van der Waals surface area contributed by atoms with Crippen molar-refractivity contribution in [3.8, 4) is 0 Å². The number of nitrogens with zero attached hydrogens (tertiary/aromatic N) is 1. The zero-order valence-electron chi connectivity index (χ0n) is 5.83. The van der Waals surface area contributed by atoms with E-state index >= 15 is 0 Å². The molecule has 4 nitrogen and oxygen atoms in total. The maximum atomic E-state index is 10.2. The molecule has 0 aliphatic heterocycles. The molecule has 0 radical (unpaired) electrons. The normalized spacial score (nSPS) is 10.1. The number of carbonyl (C=O) groups excluding carboxylic acids is 2. The summed E-state index contributed by atoms with van der Waals surface area (Å²) in [5.41, 5.74) is 4.82. The van der Waals surface area contributed by atoms with E-state index in [4.69, 9.17) is 5.73 Å². The average molecular weight is 142 g/mol. The summed E-state index contributed by atoms with van der Waals surface area (Å²) in [4.78, 5) is 23.7. The molecular formula is C6H10N2O2. The van der Waals surface area contributed by atoms with E-state index in [0.29, 0.717) is 6.42 Å². The van der Waals surface area contributed by atoms with Crippen molar-refractivity contribution in [1.82, 2.24) is 0 Å². The number of primary amides is 1. The van der Waals surface area contributed by atoms with E-state index in [-0.39, 0.29) is 18.2 Å². The summed E-state index contributed by atoms with van der Waals surface area (Å²) < 4.78 is 0. The minimum Gasteiger partial charge on any atom is -0.370 e. The quantitative estimate of drug-likeness (QED) is 0.557. The minimum atomic E-state index is -0.380. The predicted molar refractivity (Wildman–Crippen MR) is 37.6 cm³/mol. The van der Waals surface area contributed by atoms with Gasteiger partial charge in [0.1, 0.15) is 0 Å². The van der Waals surface area contributed by atoms with Crippen LogP contribution in [0.2, 0.25) is 0 Å². The Morgan fingerprint density at radius 3 is 2.60 bits per heavy atom. The van der Waals surface area contributed by atoms with Crippen LogP contribution in [0.1, 0.15) is 19.8 Å². The van der Waals surface area contributed by atoms with Crippen LogP contribution < -0.4 is 5.73 Å². The molecule has 0 aliphatic carbocycles. The first-order valence-corrected chi connectivity index (χ1v) is 2.94. The summed E-state index contributed by atoms with van der Waals surface area (Å²) in [7, 11) is 0. The highest BCUT2D eigenvalue weighted by Crippen LogP contribution is 1.82. The molecule has 0 heterocycles. The molecule has 0 unspecified atom stereocenters. The fourth-order valence-electron chi connectivity index (χ4n) is 0.400. The maximum absolute atomic E-state index is 10.2. The Bertz CT molecular complexity index is 163. The molecule has 0 atom stereocenters. The van der Waals surface area contributed by atoms with Crippen LogP contribution in [0.15, 0.2) is 4.99 Å². The molecule has 0 rings (SSSR count). The Kier molecular flexibility index (Phi) is 4.11. The predicted octanol–water partition coefficient (Wildman–Crippen LogP) is -0.131. The molecule has 0 aromatic heterocycles. The number of aliphatic imine (C=N–C) groups is 1. The third-order valence-electron chi connectivity index (χ3n) is 0.793. The Labute approximate surface area is 59.1 Å². The number of nitrogens with two attached hydrogens (primary N) is 1. The monoisotopic (exact) mass is 142 g/mol. The number of amides is 2. The van der Waals surface area contributed by atoms with E-state index in [2.05, 4.69) is 4.99 Å². The van der Waals surface area contributed by atoms with E-state index in [1.54, 1.807) is 0 Å². The number of carbonyl (C=O) groups is 2. The zero-order chi connectivity index (χ0) is 7.98. The van der Waals surface area contributed by atoms with Gasteiger partial charge in [0.05, 0.1) is 0 Å². The highest BCUT2D eigenvalue weighted by Gasteiger charge is 1.89. The fraction of sp³-hybridized carbons (Fsp3) is 0.500.